The van der Waals surface area contributed by atoms with Crippen LogP contribution in [0.2, 0.25) is 0 Å². The monoisotopic (exact) mass is 332 g/mol. The molecule has 1 aromatic rings. The van der Waals surface area contributed by atoms with E-state index in [-0.39, 0.29) is 30.6 Å². The van der Waals surface area contributed by atoms with Gasteiger partial charge in [0.05, 0.1) is 19.6 Å². The minimum absolute atomic E-state index is 0.136. The summed E-state index contributed by atoms with van der Waals surface area (Å²) < 4.78 is 9.99. The van der Waals surface area contributed by atoms with Gasteiger partial charge in [-0.15, -0.1) is 10.2 Å². The first kappa shape index (κ1) is 17.5. The largest absolute Gasteiger partial charge is 0.497 e. The molecule has 1 aliphatic heterocycles. The summed E-state index contributed by atoms with van der Waals surface area (Å²) in [4.78, 5) is 23.2. The van der Waals surface area contributed by atoms with Gasteiger partial charge >= 0.3 is 5.97 Å². The van der Waals surface area contributed by atoms with E-state index in [1.165, 1.54) is 6.92 Å². The molecule has 1 unspecified atom stereocenters. The summed E-state index contributed by atoms with van der Waals surface area (Å²) in [5, 5.41) is 7.96. The first-order chi connectivity index (χ1) is 11.5. The van der Waals surface area contributed by atoms with Gasteiger partial charge in [0.1, 0.15) is 11.5 Å². The van der Waals surface area contributed by atoms with Crippen molar-refractivity contribution in [2.45, 2.75) is 26.2 Å². The summed E-state index contributed by atoms with van der Waals surface area (Å²) in [6, 6.07) is 7.35. The number of esters is 1. The fourth-order valence-corrected chi connectivity index (χ4v) is 2.17. The molecule has 24 heavy (non-hydrogen) atoms. The van der Waals surface area contributed by atoms with Gasteiger partial charge in [-0.25, -0.2) is 4.79 Å². The average Bonchev–Trinajstić information content (AvgIpc) is 2.60. The second-order valence-corrected chi connectivity index (χ2v) is 5.09. The Morgan fingerprint density at radius 1 is 1.29 bits per heavy atom. The lowest BCUT2D eigenvalue weighted by atomic mass is 9.93. The molecule has 1 atom stereocenters. The van der Waals surface area contributed by atoms with Crippen LogP contribution in [0.1, 0.15) is 31.7 Å². The molecule has 0 aliphatic carbocycles. The number of amidine groups is 1. The SMILES string of the molecule is CCOC(=O)/C(C)=N/N=C1/NNC(=O)CC1c1ccc(OC)cc1. The summed E-state index contributed by atoms with van der Waals surface area (Å²) in [6.45, 7) is 3.51. The van der Waals surface area contributed by atoms with Gasteiger partial charge in [0, 0.05) is 6.42 Å². The number of carbonyl (C=O) groups excluding carboxylic acids is 2. The molecule has 1 aliphatic rings. The zero-order valence-corrected chi connectivity index (χ0v) is 13.8. The van der Waals surface area contributed by atoms with E-state index in [1.54, 1.807) is 14.0 Å². The standard InChI is InChI=1S/C16H20N4O4/c1-4-24-16(22)10(2)17-19-15-13(9-14(21)18-20-15)11-5-7-12(23-3)8-6-11/h5-8,13H,4,9H2,1-3H3,(H,18,21)(H,19,20)/b17-10+. The van der Waals surface area contributed by atoms with Crippen LogP contribution in [0.5, 0.6) is 5.75 Å². The lowest BCUT2D eigenvalue weighted by Crippen LogP contribution is -2.50. The van der Waals surface area contributed by atoms with Crippen LogP contribution in [0.15, 0.2) is 34.5 Å². The molecule has 0 aromatic heterocycles. The number of rotatable bonds is 5. The van der Waals surface area contributed by atoms with E-state index < -0.39 is 5.97 Å². The van der Waals surface area contributed by atoms with E-state index in [0.717, 1.165) is 11.3 Å². The summed E-state index contributed by atoms with van der Waals surface area (Å²) in [5.41, 5.74) is 6.26. The number of methoxy groups -OCH3 is 1. The van der Waals surface area contributed by atoms with Crippen molar-refractivity contribution in [3.8, 4) is 5.75 Å². The number of nitrogens with zero attached hydrogens (tertiary/aromatic N) is 2. The highest BCUT2D eigenvalue weighted by Gasteiger charge is 2.27. The Kier molecular flexibility index (Phi) is 5.89. The maximum absolute atomic E-state index is 11.7. The lowest BCUT2D eigenvalue weighted by molar-refractivity contribution is -0.135. The molecule has 1 aromatic carbocycles. The Hall–Kier alpha value is -2.90. The number of ether oxygens (including phenoxy) is 2. The van der Waals surface area contributed by atoms with Gasteiger partial charge in [-0.1, -0.05) is 12.1 Å². The topological polar surface area (TPSA) is 101 Å². The molecule has 0 spiro atoms. The molecular weight excluding hydrogens is 312 g/mol. The number of amides is 1. The molecule has 1 heterocycles. The van der Waals surface area contributed by atoms with Crippen molar-refractivity contribution >= 4 is 23.4 Å². The molecule has 1 saturated heterocycles. The number of hydrogen-bond donors (Lipinski definition) is 2. The average molecular weight is 332 g/mol. The Bertz CT molecular complexity index is 667. The van der Waals surface area contributed by atoms with Crippen molar-refractivity contribution in [2.75, 3.05) is 13.7 Å². The van der Waals surface area contributed by atoms with E-state index in [9.17, 15) is 9.59 Å². The first-order valence-corrected chi connectivity index (χ1v) is 7.53. The normalized spacial score (nSPS) is 19.5. The van der Waals surface area contributed by atoms with E-state index in [0.29, 0.717) is 5.84 Å². The summed E-state index contributed by atoms with van der Waals surface area (Å²) in [5.74, 6) is 0.206. The van der Waals surface area contributed by atoms with Gasteiger partial charge in [0.25, 0.3) is 0 Å². The van der Waals surface area contributed by atoms with Gasteiger partial charge in [-0.05, 0) is 31.5 Å². The fraction of sp³-hybridized carbons (Fsp3) is 0.375. The molecule has 8 nitrogen and oxygen atoms in total. The molecule has 1 amide bonds. The van der Waals surface area contributed by atoms with Crippen LogP contribution in [0, 0.1) is 0 Å². The minimum atomic E-state index is -0.525. The molecular formula is C16H20N4O4. The molecule has 0 radical (unpaired) electrons. The van der Waals surface area contributed by atoms with Gasteiger partial charge in [-0.2, -0.15) is 0 Å². The van der Waals surface area contributed by atoms with Crippen molar-refractivity contribution in [3.05, 3.63) is 29.8 Å². The third kappa shape index (κ3) is 4.31. The Balaban J connectivity index is 2.24. The zero-order valence-electron chi connectivity index (χ0n) is 13.8. The van der Waals surface area contributed by atoms with Gasteiger partial charge in [0.15, 0.2) is 5.84 Å². The molecule has 128 valence electrons. The van der Waals surface area contributed by atoms with Crippen LogP contribution in [-0.2, 0) is 14.3 Å². The van der Waals surface area contributed by atoms with E-state index in [1.807, 2.05) is 24.3 Å². The number of benzene rings is 1. The molecule has 2 rings (SSSR count). The molecule has 0 saturated carbocycles. The van der Waals surface area contributed by atoms with Gasteiger partial charge in [0.2, 0.25) is 5.91 Å². The third-order valence-corrected chi connectivity index (χ3v) is 3.45. The molecule has 8 heteroatoms. The predicted molar refractivity (Wildman–Crippen MR) is 88.8 cm³/mol. The summed E-state index contributed by atoms with van der Waals surface area (Å²) >= 11 is 0. The van der Waals surface area contributed by atoms with Crippen LogP contribution in [0.3, 0.4) is 0 Å². The Morgan fingerprint density at radius 3 is 2.62 bits per heavy atom. The van der Waals surface area contributed by atoms with Crippen LogP contribution >= 0.6 is 0 Å². The predicted octanol–water partition coefficient (Wildman–Crippen LogP) is 1.14. The maximum atomic E-state index is 11.7. The highest BCUT2D eigenvalue weighted by molar-refractivity contribution is 6.35. The lowest BCUT2D eigenvalue weighted by Gasteiger charge is -2.25. The number of hydrazine groups is 1. The summed E-state index contributed by atoms with van der Waals surface area (Å²) in [7, 11) is 1.59. The number of nitrogens with one attached hydrogen (secondary N) is 2. The quantitative estimate of drug-likeness (QED) is 0.478. The highest BCUT2D eigenvalue weighted by atomic mass is 16.5. The van der Waals surface area contributed by atoms with Crippen molar-refractivity contribution in [2.24, 2.45) is 10.2 Å². The Morgan fingerprint density at radius 2 is 2.00 bits per heavy atom. The van der Waals surface area contributed by atoms with E-state index in [4.69, 9.17) is 9.47 Å². The molecule has 0 bridgehead atoms. The van der Waals surface area contributed by atoms with E-state index >= 15 is 0 Å². The first-order valence-electron chi connectivity index (χ1n) is 7.53. The van der Waals surface area contributed by atoms with Crippen LogP contribution in [0.4, 0.5) is 0 Å². The van der Waals surface area contributed by atoms with E-state index in [2.05, 4.69) is 21.1 Å². The maximum Gasteiger partial charge on any atom is 0.354 e. The summed E-state index contributed by atoms with van der Waals surface area (Å²) in [6.07, 6.45) is 0.228. The van der Waals surface area contributed by atoms with Crippen molar-refractivity contribution in [1.82, 2.24) is 10.9 Å². The number of carbonyl (C=O) groups is 2. The van der Waals surface area contributed by atoms with Crippen molar-refractivity contribution in [1.29, 1.82) is 0 Å². The smallest absolute Gasteiger partial charge is 0.354 e. The fourth-order valence-electron chi connectivity index (χ4n) is 2.17. The second kappa shape index (κ2) is 8.09. The van der Waals surface area contributed by atoms with Crippen LogP contribution in [0.25, 0.3) is 0 Å². The third-order valence-electron chi connectivity index (χ3n) is 3.45. The second-order valence-electron chi connectivity index (χ2n) is 5.09. The minimum Gasteiger partial charge on any atom is -0.497 e. The number of hydrogen-bond acceptors (Lipinski definition) is 6. The van der Waals surface area contributed by atoms with Crippen LogP contribution < -0.4 is 15.6 Å². The zero-order chi connectivity index (χ0) is 17.5. The highest BCUT2D eigenvalue weighted by Crippen LogP contribution is 2.25. The Labute approximate surface area is 139 Å². The molecule has 1 fully saturated rings. The van der Waals surface area contributed by atoms with Crippen molar-refractivity contribution < 1.29 is 19.1 Å². The van der Waals surface area contributed by atoms with Gasteiger partial charge in [-0.3, -0.25) is 15.6 Å². The van der Waals surface area contributed by atoms with Crippen LogP contribution in [-0.4, -0.2) is 37.1 Å². The van der Waals surface area contributed by atoms with Crippen molar-refractivity contribution in [3.63, 3.8) is 0 Å². The van der Waals surface area contributed by atoms with Gasteiger partial charge < -0.3 is 9.47 Å². The molecule has 2 N–H and O–H groups in total.